The second kappa shape index (κ2) is 8.07. The largest absolute Gasteiger partial charge is 0.463 e. The van der Waals surface area contributed by atoms with Gasteiger partial charge in [0, 0.05) is 26.2 Å². The Kier molecular flexibility index (Phi) is 5.60. The van der Waals surface area contributed by atoms with Crippen molar-refractivity contribution in [2.75, 3.05) is 51.3 Å². The zero-order chi connectivity index (χ0) is 15.9. The fraction of sp³-hybridized carbons (Fsp3) is 0.667. The maximum atomic E-state index is 5.62. The molecular formula is C15H24N6O2. The minimum atomic E-state index is 0.381. The molecule has 8 nitrogen and oxygen atoms in total. The van der Waals surface area contributed by atoms with Gasteiger partial charge in [-0.1, -0.05) is 13.3 Å². The van der Waals surface area contributed by atoms with Crippen LogP contribution in [0.4, 0.5) is 5.82 Å². The molecule has 0 spiro atoms. The van der Waals surface area contributed by atoms with Gasteiger partial charge in [-0.15, -0.1) is 0 Å². The molecular weight excluding hydrogens is 296 g/mol. The number of morpholine rings is 1. The molecule has 2 N–H and O–H groups in total. The van der Waals surface area contributed by atoms with Crippen molar-refractivity contribution >= 4 is 17.0 Å². The molecule has 23 heavy (non-hydrogen) atoms. The summed E-state index contributed by atoms with van der Waals surface area (Å²) in [5.74, 6) is 0.743. The maximum absolute atomic E-state index is 5.62. The monoisotopic (exact) mass is 320 g/mol. The molecule has 1 aliphatic rings. The van der Waals surface area contributed by atoms with Gasteiger partial charge in [-0.2, -0.15) is 9.97 Å². The van der Waals surface area contributed by atoms with Gasteiger partial charge in [0.05, 0.1) is 26.1 Å². The Balaban J connectivity index is 1.62. The summed E-state index contributed by atoms with van der Waals surface area (Å²) < 4.78 is 11.0. The number of anilines is 1. The van der Waals surface area contributed by atoms with E-state index in [0.717, 1.165) is 63.6 Å². The third-order valence-electron chi connectivity index (χ3n) is 3.82. The normalized spacial score (nSPS) is 15.9. The van der Waals surface area contributed by atoms with E-state index in [2.05, 4.69) is 37.1 Å². The first-order valence-corrected chi connectivity index (χ1v) is 8.24. The van der Waals surface area contributed by atoms with Gasteiger partial charge in [0.2, 0.25) is 0 Å². The van der Waals surface area contributed by atoms with Gasteiger partial charge in [0.25, 0.3) is 0 Å². The zero-order valence-corrected chi connectivity index (χ0v) is 13.5. The molecule has 8 heteroatoms. The van der Waals surface area contributed by atoms with Crippen molar-refractivity contribution in [3.63, 3.8) is 0 Å². The number of hydrogen-bond acceptors (Lipinski definition) is 7. The minimum absolute atomic E-state index is 0.381. The van der Waals surface area contributed by atoms with Crippen LogP contribution >= 0.6 is 0 Å². The highest BCUT2D eigenvalue weighted by Crippen LogP contribution is 2.19. The van der Waals surface area contributed by atoms with Crippen molar-refractivity contribution < 1.29 is 9.47 Å². The van der Waals surface area contributed by atoms with E-state index in [9.17, 15) is 0 Å². The third-order valence-corrected chi connectivity index (χ3v) is 3.82. The molecule has 1 saturated heterocycles. The van der Waals surface area contributed by atoms with Crippen molar-refractivity contribution in [3.8, 4) is 6.01 Å². The summed E-state index contributed by atoms with van der Waals surface area (Å²) in [5, 5.41) is 3.37. The predicted molar refractivity (Wildman–Crippen MR) is 87.8 cm³/mol. The van der Waals surface area contributed by atoms with Crippen LogP contribution in [0.5, 0.6) is 6.01 Å². The average molecular weight is 320 g/mol. The average Bonchev–Trinajstić information content (AvgIpc) is 3.05. The van der Waals surface area contributed by atoms with Crippen molar-refractivity contribution in [1.29, 1.82) is 0 Å². The number of aromatic amines is 1. The topological polar surface area (TPSA) is 88.2 Å². The van der Waals surface area contributed by atoms with Crippen molar-refractivity contribution in [1.82, 2.24) is 24.8 Å². The Morgan fingerprint density at radius 3 is 3.04 bits per heavy atom. The highest BCUT2D eigenvalue weighted by Gasteiger charge is 2.12. The lowest BCUT2D eigenvalue weighted by molar-refractivity contribution is 0.0398. The Morgan fingerprint density at radius 2 is 2.22 bits per heavy atom. The Hall–Kier alpha value is -1.93. The standard InChI is InChI=1S/C15H24N6O2/c1-2-3-8-23-15-19-13(12-14(20-15)18-11-17-12)16-4-5-21-6-9-22-10-7-21/h11H,2-10H2,1H3,(H2,16,17,18,19,20). The Morgan fingerprint density at radius 1 is 1.35 bits per heavy atom. The number of ether oxygens (including phenoxy) is 2. The van der Waals surface area contributed by atoms with Crippen LogP contribution < -0.4 is 10.1 Å². The quantitative estimate of drug-likeness (QED) is 0.708. The number of nitrogens with zero attached hydrogens (tertiary/aromatic N) is 4. The third kappa shape index (κ3) is 4.29. The van der Waals surface area contributed by atoms with Crippen LogP contribution in [0.1, 0.15) is 19.8 Å². The number of aromatic nitrogens is 4. The number of imidazole rings is 1. The molecule has 0 bridgehead atoms. The Labute approximate surface area is 135 Å². The summed E-state index contributed by atoms with van der Waals surface area (Å²) >= 11 is 0. The number of fused-ring (bicyclic) bond motifs is 1. The molecule has 2 aromatic rings. The summed E-state index contributed by atoms with van der Waals surface area (Å²) in [7, 11) is 0. The number of unbranched alkanes of at least 4 members (excludes halogenated alkanes) is 1. The summed E-state index contributed by atoms with van der Waals surface area (Å²) in [6.45, 7) is 8.10. The first-order valence-electron chi connectivity index (χ1n) is 8.24. The van der Waals surface area contributed by atoms with E-state index in [0.29, 0.717) is 18.3 Å². The summed E-state index contributed by atoms with van der Waals surface area (Å²) in [4.78, 5) is 18.5. The minimum Gasteiger partial charge on any atom is -0.463 e. The van der Waals surface area contributed by atoms with E-state index in [1.807, 2.05) is 0 Å². The fourth-order valence-electron chi connectivity index (χ4n) is 2.47. The van der Waals surface area contributed by atoms with Crippen molar-refractivity contribution in [2.24, 2.45) is 0 Å². The van der Waals surface area contributed by atoms with Crippen LogP contribution in [0, 0.1) is 0 Å². The number of nitrogens with one attached hydrogen (secondary N) is 2. The highest BCUT2D eigenvalue weighted by atomic mass is 16.5. The number of hydrogen-bond donors (Lipinski definition) is 2. The Bertz CT molecular complexity index is 611. The van der Waals surface area contributed by atoms with Gasteiger partial charge < -0.3 is 19.8 Å². The maximum Gasteiger partial charge on any atom is 0.320 e. The second-order valence-electron chi connectivity index (χ2n) is 5.54. The van der Waals surface area contributed by atoms with Crippen LogP contribution in [0.15, 0.2) is 6.33 Å². The van der Waals surface area contributed by atoms with E-state index in [1.165, 1.54) is 0 Å². The van der Waals surface area contributed by atoms with Crippen molar-refractivity contribution in [2.45, 2.75) is 19.8 Å². The molecule has 1 aliphatic heterocycles. The van der Waals surface area contributed by atoms with E-state index in [1.54, 1.807) is 6.33 Å². The van der Waals surface area contributed by atoms with E-state index >= 15 is 0 Å². The smallest absolute Gasteiger partial charge is 0.320 e. The van der Waals surface area contributed by atoms with Crippen LogP contribution in [0.25, 0.3) is 11.2 Å². The van der Waals surface area contributed by atoms with Crippen molar-refractivity contribution in [3.05, 3.63) is 6.33 Å². The molecule has 126 valence electrons. The molecule has 0 unspecified atom stereocenters. The first kappa shape index (κ1) is 15.9. The molecule has 0 amide bonds. The van der Waals surface area contributed by atoms with Crippen LogP contribution in [-0.4, -0.2) is 70.8 Å². The molecule has 3 heterocycles. The van der Waals surface area contributed by atoms with Gasteiger partial charge >= 0.3 is 6.01 Å². The van der Waals surface area contributed by atoms with Gasteiger partial charge in [0.15, 0.2) is 11.5 Å². The summed E-state index contributed by atoms with van der Waals surface area (Å²) in [6.07, 6.45) is 3.69. The lowest BCUT2D eigenvalue weighted by atomic mass is 10.4. The zero-order valence-electron chi connectivity index (χ0n) is 13.5. The second-order valence-corrected chi connectivity index (χ2v) is 5.54. The van der Waals surface area contributed by atoms with Gasteiger partial charge in [0.1, 0.15) is 5.52 Å². The molecule has 0 radical (unpaired) electrons. The van der Waals surface area contributed by atoms with Gasteiger partial charge in [-0.3, -0.25) is 4.90 Å². The molecule has 0 aliphatic carbocycles. The van der Waals surface area contributed by atoms with Crippen LogP contribution in [0.2, 0.25) is 0 Å². The molecule has 3 rings (SSSR count). The van der Waals surface area contributed by atoms with Gasteiger partial charge in [-0.25, -0.2) is 4.98 Å². The molecule has 0 aromatic carbocycles. The van der Waals surface area contributed by atoms with Crippen LogP contribution in [0.3, 0.4) is 0 Å². The fourth-order valence-corrected chi connectivity index (χ4v) is 2.47. The number of rotatable bonds is 8. The summed E-state index contributed by atoms with van der Waals surface area (Å²) in [6, 6.07) is 0.381. The molecule has 0 saturated carbocycles. The molecule has 1 fully saturated rings. The van der Waals surface area contributed by atoms with E-state index in [-0.39, 0.29) is 0 Å². The predicted octanol–water partition coefficient (Wildman–Crippen LogP) is 1.28. The van der Waals surface area contributed by atoms with E-state index < -0.39 is 0 Å². The lowest BCUT2D eigenvalue weighted by Gasteiger charge is -2.26. The SMILES string of the molecule is CCCCOc1nc(NCCN2CCOCC2)c2[nH]cnc2n1. The lowest BCUT2D eigenvalue weighted by Crippen LogP contribution is -2.39. The van der Waals surface area contributed by atoms with Gasteiger partial charge in [-0.05, 0) is 6.42 Å². The molecule has 2 aromatic heterocycles. The molecule has 0 atom stereocenters. The highest BCUT2D eigenvalue weighted by molar-refractivity contribution is 5.82. The van der Waals surface area contributed by atoms with E-state index in [4.69, 9.17) is 9.47 Å². The number of H-pyrrole nitrogens is 1. The van der Waals surface area contributed by atoms with Crippen LogP contribution in [-0.2, 0) is 4.74 Å². The first-order chi connectivity index (χ1) is 11.4. The summed E-state index contributed by atoms with van der Waals surface area (Å²) in [5.41, 5.74) is 1.44.